The number of carboxylic acid groups (broad SMARTS) is 1. The molecule has 1 amide bonds. The van der Waals surface area contributed by atoms with Crippen LogP contribution in [-0.4, -0.2) is 41.6 Å². The first kappa shape index (κ1) is 16.5. The first-order valence-electron chi connectivity index (χ1n) is 6.33. The van der Waals surface area contributed by atoms with Gasteiger partial charge in [0, 0.05) is 17.6 Å². The molecule has 0 bridgehead atoms. The van der Waals surface area contributed by atoms with Gasteiger partial charge in [0.2, 0.25) is 0 Å². The molecule has 0 aliphatic carbocycles. The SMILES string of the molecule is CCN(CC(C)C(=O)O)C(=O)COc1ccc(Br)cc1. The quantitative estimate of drug-likeness (QED) is 0.825. The number of amides is 1. The van der Waals surface area contributed by atoms with Gasteiger partial charge >= 0.3 is 5.97 Å². The van der Waals surface area contributed by atoms with Gasteiger partial charge in [-0.2, -0.15) is 0 Å². The van der Waals surface area contributed by atoms with Crippen molar-refractivity contribution in [3.05, 3.63) is 28.7 Å². The van der Waals surface area contributed by atoms with E-state index in [1.807, 2.05) is 19.1 Å². The Morgan fingerprint density at radius 1 is 1.35 bits per heavy atom. The van der Waals surface area contributed by atoms with Crippen molar-refractivity contribution in [3.63, 3.8) is 0 Å². The molecular formula is C14H18BrNO4. The molecule has 1 N–H and O–H groups in total. The Morgan fingerprint density at radius 2 is 1.95 bits per heavy atom. The predicted octanol–water partition coefficient (Wildman–Crippen LogP) is 2.40. The van der Waals surface area contributed by atoms with Gasteiger partial charge in [-0.1, -0.05) is 22.9 Å². The highest BCUT2D eigenvalue weighted by molar-refractivity contribution is 9.10. The van der Waals surface area contributed by atoms with Crippen LogP contribution >= 0.6 is 15.9 Å². The zero-order valence-electron chi connectivity index (χ0n) is 11.5. The number of carbonyl (C=O) groups excluding carboxylic acids is 1. The highest BCUT2D eigenvalue weighted by atomic mass is 79.9. The molecule has 0 aromatic heterocycles. The van der Waals surface area contributed by atoms with Gasteiger partial charge in [-0.3, -0.25) is 9.59 Å². The molecule has 0 aliphatic heterocycles. The predicted molar refractivity (Wildman–Crippen MR) is 78.7 cm³/mol. The van der Waals surface area contributed by atoms with Crippen molar-refractivity contribution in [1.82, 2.24) is 4.90 Å². The molecule has 0 heterocycles. The first-order valence-corrected chi connectivity index (χ1v) is 7.12. The van der Waals surface area contributed by atoms with Gasteiger partial charge < -0.3 is 14.7 Å². The number of hydrogen-bond acceptors (Lipinski definition) is 3. The maximum Gasteiger partial charge on any atom is 0.308 e. The lowest BCUT2D eigenvalue weighted by molar-refractivity contribution is -0.143. The van der Waals surface area contributed by atoms with E-state index in [2.05, 4.69) is 15.9 Å². The summed E-state index contributed by atoms with van der Waals surface area (Å²) in [6.45, 7) is 3.94. The molecule has 1 aromatic rings. The second kappa shape index (κ2) is 7.89. The van der Waals surface area contributed by atoms with E-state index in [0.29, 0.717) is 12.3 Å². The van der Waals surface area contributed by atoms with Gasteiger partial charge in [0.1, 0.15) is 5.75 Å². The molecule has 20 heavy (non-hydrogen) atoms. The van der Waals surface area contributed by atoms with Crippen LogP contribution < -0.4 is 4.74 Å². The van der Waals surface area contributed by atoms with Crippen LogP contribution in [0.4, 0.5) is 0 Å². The molecule has 0 fully saturated rings. The van der Waals surface area contributed by atoms with Crippen LogP contribution in [0.2, 0.25) is 0 Å². The number of aliphatic carboxylic acids is 1. The standard InChI is InChI=1S/C14H18BrNO4/c1-3-16(8-10(2)14(18)19)13(17)9-20-12-6-4-11(15)5-7-12/h4-7,10H,3,8-9H2,1-2H3,(H,18,19). The van der Waals surface area contributed by atoms with E-state index in [-0.39, 0.29) is 19.1 Å². The first-order chi connectivity index (χ1) is 9.43. The van der Waals surface area contributed by atoms with E-state index < -0.39 is 11.9 Å². The third-order valence-electron chi connectivity index (χ3n) is 2.83. The van der Waals surface area contributed by atoms with Crippen LogP contribution in [0.15, 0.2) is 28.7 Å². The molecule has 0 saturated heterocycles. The van der Waals surface area contributed by atoms with Crippen molar-refractivity contribution in [1.29, 1.82) is 0 Å². The third-order valence-corrected chi connectivity index (χ3v) is 3.35. The van der Waals surface area contributed by atoms with Crippen LogP contribution in [0.25, 0.3) is 0 Å². The Balaban J connectivity index is 2.51. The van der Waals surface area contributed by atoms with E-state index in [4.69, 9.17) is 9.84 Å². The van der Waals surface area contributed by atoms with Gasteiger partial charge in [-0.25, -0.2) is 0 Å². The maximum absolute atomic E-state index is 12.0. The largest absolute Gasteiger partial charge is 0.484 e. The molecule has 110 valence electrons. The molecule has 6 heteroatoms. The van der Waals surface area contributed by atoms with E-state index in [1.165, 1.54) is 4.90 Å². The summed E-state index contributed by atoms with van der Waals surface area (Å²) < 4.78 is 6.32. The minimum Gasteiger partial charge on any atom is -0.484 e. The smallest absolute Gasteiger partial charge is 0.308 e. The van der Waals surface area contributed by atoms with Gasteiger partial charge in [-0.15, -0.1) is 0 Å². The van der Waals surface area contributed by atoms with Crippen LogP contribution in [0.1, 0.15) is 13.8 Å². The fourth-order valence-corrected chi connectivity index (χ4v) is 1.85. The Hall–Kier alpha value is -1.56. The second-order valence-electron chi connectivity index (χ2n) is 4.41. The Labute approximate surface area is 126 Å². The van der Waals surface area contributed by atoms with Crippen molar-refractivity contribution in [2.45, 2.75) is 13.8 Å². The molecular weight excluding hydrogens is 326 g/mol. The van der Waals surface area contributed by atoms with Crippen molar-refractivity contribution < 1.29 is 19.4 Å². The second-order valence-corrected chi connectivity index (χ2v) is 5.33. The average Bonchev–Trinajstić information content (AvgIpc) is 2.43. The Kier molecular flexibility index (Phi) is 6.51. The van der Waals surface area contributed by atoms with E-state index in [1.54, 1.807) is 19.1 Å². The normalized spacial score (nSPS) is 11.8. The van der Waals surface area contributed by atoms with Gasteiger partial charge in [0.15, 0.2) is 6.61 Å². The Morgan fingerprint density at radius 3 is 2.45 bits per heavy atom. The topological polar surface area (TPSA) is 66.8 Å². The number of nitrogens with zero attached hydrogens (tertiary/aromatic N) is 1. The summed E-state index contributed by atoms with van der Waals surface area (Å²) in [5.41, 5.74) is 0. The zero-order chi connectivity index (χ0) is 15.1. The average molecular weight is 344 g/mol. The number of rotatable bonds is 7. The molecule has 1 atom stereocenters. The summed E-state index contributed by atoms with van der Waals surface area (Å²) in [6, 6.07) is 7.16. The lowest BCUT2D eigenvalue weighted by atomic mass is 10.1. The van der Waals surface area contributed by atoms with Crippen LogP contribution in [0, 0.1) is 5.92 Å². The highest BCUT2D eigenvalue weighted by Crippen LogP contribution is 2.16. The number of ether oxygens (including phenoxy) is 1. The number of likely N-dealkylation sites (N-methyl/N-ethyl adjacent to an activating group) is 1. The minimum absolute atomic E-state index is 0.0954. The van der Waals surface area contributed by atoms with Crippen LogP contribution in [0.3, 0.4) is 0 Å². The highest BCUT2D eigenvalue weighted by Gasteiger charge is 2.19. The van der Waals surface area contributed by atoms with E-state index in [9.17, 15) is 9.59 Å². The molecule has 0 aliphatic rings. The molecule has 0 radical (unpaired) electrons. The minimum atomic E-state index is -0.912. The van der Waals surface area contributed by atoms with Crippen molar-refractivity contribution in [3.8, 4) is 5.75 Å². The third kappa shape index (κ3) is 5.21. The van der Waals surface area contributed by atoms with Gasteiger partial charge in [-0.05, 0) is 31.2 Å². The van der Waals surface area contributed by atoms with Crippen LogP contribution in [-0.2, 0) is 9.59 Å². The number of carbonyl (C=O) groups is 2. The molecule has 1 rings (SSSR count). The molecule has 1 unspecified atom stereocenters. The summed E-state index contributed by atoms with van der Waals surface area (Å²) in [5.74, 6) is -1.12. The van der Waals surface area contributed by atoms with Crippen molar-refractivity contribution in [2.24, 2.45) is 5.92 Å². The lowest BCUT2D eigenvalue weighted by Crippen LogP contribution is -2.39. The number of halogens is 1. The molecule has 0 spiro atoms. The van der Waals surface area contributed by atoms with Crippen LogP contribution in [0.5, 0.6) is 5.75 Å². The monoisotopic (exact) mass is 343 g/mol. The molecule has 5 nitrogen and oxygen atoms in total. The lowest BCUT2D eigenvalue weighted by Gasteiger charge is -2.22. The maximum atomic E-state index is 12.0. The summed E-state index contributed by atoms with van der Waals surface area (Å²) in [6.07, 6.45) is 0. The van der Waals surface area contributed by atoms with E-state index >= 15 is 0 Å². The van der Waals surface area contributed by atoms with Crippen molar-refractivity contribution >= 4 is 27.8 Å². The zero-order valence-corrected chi connectivity index (χ0v) is 13.1. The number of carboxylic acids is 1. The number of hydrogen-bond donors (Lipinski definition) is 1. The van der Waals surface area contributed by atoms with E-state index in [0.717, 1.165) is 4.47 Å². The Bertz CT molecular complexity index is 461. The van der Waals surface area contributed by atoms with Gasteiger partial charge in [0.25, 0.3) is 5.91 Å². The number of benzene rings is 1. The molecule has 0 saturated carbocycles. The summed E-state index contributed by atoms with van der Waals surface area (Å²) in [5, 5.41) is 8.87. The fourth-order valence-electron chi connectivity index (χ4n) is 1.58. The van der Waals surface area contributed by atoms with Crippen molar-refractivity contribution in [2.75, 3.05) is 19.7 Å². The van der Waals surface area contributed by atoms with Gasteiger partial charge in [0.05, 0.1) is 5.92 Å². The summed E-state index contributed by atoms with van der Waals surface area (Å²) >= 11 is 3.31. The molecule has 1 aromatic carbocycles. The summed E-state index contributed by atoms with van der Waals surface area (Å²) in [7, 11) is 0. The fraction of sp³-hybridized carbons (Fsp3) is 0.429. The summed E-state index contributed by atoms with van der Waals surface area (Å²) in [4.78, 5) is 24.3.